The van der Waals surface area contributed by atoms with Gasteiger partial charge in [-0.2, -0.15) is 16.4 Å². The molecule has 0 aliphatic heterocycles. The summed E-state index contributed by atoms with van der Waals surface area (Å²) in [6.45, 7) is 4.99. The summed E-state index contributed by atoms with van der Waals surface area (Å²) in [6.07, 6.45) is 1.79. The predicted molar refractivity (Wildman–Crippen MR) is 83.2 cm³/mol. The first-order valence-electron chi connectivity index (χ1n) is 6.34. The maximum Gasteiger partial charge on any atom is 0.0738 e. The molecule has 104 valence electrons. The van der Waals surface area contributed by atoms with Crippen molar-refractivity contribution in [3.05, 3.63) is 38.3 Å². The summed E-state index contributed by atoms with van der Waals surface area (Å²) in [6, 6.07) is 2.36. The Morgan fingerprint density at radius 3 is 2.89 bits per heavy atom. The third-order valence-corrected chi connectivity index (χ3v) is 4.95. The van der Waals surface area contributed by atoms with E-state index in [1.807, 2.05) is 11.6 Å². The van der Waals surface area contributed by atoms with Gasteiger partial charge in [-0.3, -0.25) is 16.0 Å². The molecule has 0 fully saturated rings. The molecule has 0 amide bonds. The molecular formula is C13H19BrN4S. The SMILES string of the molecule is CCn1nc(C)c(Br)c1CC(Cc1ccsc1)NN. The zero-order valence-corrected chi connectivity index (χ0v) is 13.6. The highest BCUT2D eigenvalue weighted by Gasteiger charge is 2.17. The van der Waals surface area contributed by atoms with Crippen LogP contribution in [0.5, 0.6) is 0 Å². The van der Waals surface area contributed by atoms with Gasteiger partial charge in [0, 0.05) is 19.0 Å². The number of rotatable bonds is 6. The van der Waals surface area contributed by atoms with Gasteiger partial charge in [0.1, 0.15) is 0 Å². The first-order valence-corrected chi connectivity index (χ1v) is 8.08. The summed E-state index contributed by atoms with van der Waals surface area (Å²) >= 11 is 5.35. The minimum absolute atomic E-state index is 0.215. The second-order valence-electron chi connectivity index (χ2n) is 4.57. The van der Waals surface area contributed by atoms with Crippen LogP contribution < -0.4 is 11.3 Å². The van der Waals surface area contributed by atoms with Gasteiger partial charge in [0.15, 0.2) is 0 Å². The standard InChI is InChI=1S/C13H19BrN4S/c1-3-18-12(13(14)9(2)17-18)7-11(16-15)6-10-4-5-19-8-10/h4-5,8,11,16H,3,6-7,15H2,1-2H3. The summed E-state index contributed by atoms with van der Waals surface area (Å²) in [5.74, 6) is 5.69. The number of hydrogen-bond acceptors (Lipinski definition) is 4. The number of halogens is 1. The fourth-order valence-electron chi connectivity index (χ4n) is 2.18. The van der Waals surface area contributed by atoms with E-state index in [0.717, 1.165) is 29.6 Å². The van der Waals surface area contributed by atoms with Crippen LogP contribution in [0, 0.1) is 6.92 Å². The van der Waals surface area contributed by atoms with Gasteiger partial charge in [-0.15, -0.1) is 0 Å². The highest BCUT2D eigenvalue weighted by Crippen LogP contribution is 2.23. The van der Waals surface area contributed by atoms with Crippen LogP contribution in [0.2, 0.25) is 0 Å². The van der Waals surface area contributed by atoms with Gasteiger partial charge in [-0.1, -0.05) is 0 Å². The summed E-state index contributed by atoms with van der Waals surface area (Å²) in [7, 11) is 0. The zero-order valence-electron chi connectivity index (χ0n) is 11.2. The van der Waals surface area contributed by atoms with Crippen LogP contribution in [0.1, 0.15) is 23.9 Å². The maximum atomic E-state index is 5.69. The second-order valence-corrected chi connectivity index (χ2v) is 6.14. The van der Waals surface area contributed by atoms with Crippen molar-refractivity contribution < 1.29 is 0 Å². The molecule has 0 bridgehead atoms. The minimum atomic E-state index is 0.215. The van der Waals surface area contributed by atoms with Crippen LogP contribution in [0.15, 0.2) is 21.3 Å². The largest absolute Gasteiger partial charge is 0.271 e. The molecule has 3 N–H and O–H groups in total. The highest BCUT2D eigenvalue weighted by atomic mass is 79.9. The third-order valence-electron chi connectivity index (χ3n) is 3.19. The van der Waals surface area contributed by atoms with Gasteiger partial charge in [0.25, 0.3) is 0 Å². The van der Waals surface area contributed by atoms with E-state index in [2.05, 4.69) is 50.2 Å². The van der Waals surface area contributed by atoms with Crippen molar-refractivity contribution in [1.29, 1.82) is 0 Å². The van der Waals surface area contributed by atoms with E-state index in [1.54, 1.807) is 11.3 Å². The third kappa shape index (κ3) is 3.45. The lowest BCUT2D eigenvalue weighted by Gasteiger charge is -2.16. The average molecular weight is 343 g/mol. The van der Waals surface area contributed by atoms with Crippen molar-refractivity contribution in [3.8, 4) is 0 Å². The normalized spacial score (nSPS) is 12.8. The highest BCUT2D eigenvalue weighted by molar-refractivity contribution is 9.10. The number of aromatic nitrogens is 2. The molecule has 2 aromatic rings. The smallest absolute Gasteiger partial charge is 0.0738 e. The maximum absolute atomic E-state index is 5.69. The monoisotopic (exact) mass is 342 g/mol. The Bertz CT molecular complexity index is 521. The summed E-state index contributed by atoms with van der Waals surface area (Å²) in [5, 5.41) is 8.78. The van der Waals surface area contributed by atoms with Gasteiger partial charge >= 0.3 is 0 Å². The summed E-state index contributed by atoms with van der Waals surface area (Å²) < 4.78 is 3.14. The van der Waals surface area contributed by atoms with E-state index in [1.165, 1.54) is 11.3 Å². The zero-order chi connectivity index (χ0) is 13.8. The van der Waals surface area contributed by atoms with E-state index < -0.39 is 0 Å². The van der Waals surface area contributed by atoms with E-state index in [9.17, 15) is 0 Å². The summed E-state index contributed by atoms with van der Waals surface area (Å²) in [4.78, 5) is 0. The Labute approximate surface area is 126 Å². The molecule has 0 spiro atoms. The van der Waals surface area contributed by atoms with Gasteiger partial charge in [0.2, 0.25) is 0 Å². The van der Waals surface area contributed by atoms with Crippen molar-refractivity contribution in [2.45, 2.75) is 39.3 Å². The van der Waals surface area contributed by atoms with Gasteiger partial charge in [0.05, 0.1) is 15.9 Å². The Morgan fingerprint density at radius 2 is 2.32 bits per heavy atom. The Kier molecular flexibility index (Phi) is 5.15. The lowest BCUT2D eigenvalue weighted by Crippen LogP contribution is -2.39. The first-order chi connectivity index (χ1) is 9.15. The number of thiophene rings is 1. The average Bonchev–Trinajstić information content (AvgIpc) is 3.01. The Morgan fingerprint density at radius 1 is 1.53 bits per heavy atom. The molecule has 0 aliphatic carbocycles. The topological polar surface area (TPSA) is 55.9 Å². The number of nitrogens with one attached hydrogen (secondary N) is 1. The molecule has 4 nitrogen and oxygen atoms in total. The fourth-order valence-corrected chi connectivity index (χ4v) is 3.31. The molecule has 0 saturated carbocycles. The van der Waals surface area contributed by atoms with E-state index in [4.69, 9.17) is 5.84 Å². The summed E-state index contributed by atoms with van der Waals surface area (Å²) in [5.41, 5.74) is 6.48. The van der Waals surface area contributed by atoms with Crippen molar-refractivity contribution in [2.75, 3.05) is 0 Å². The van der Waals surface area contributed by atoms with Crippen molar-refractivity contribution in [3.63, 3.8) is 0 Å². The van der Waals surface area contributed by atoms with E-state index in [-0.39, 0.29) is 6.04 Å². The van der Waals surface area contributed by atoms with E-state index in [0.29, 0.717) is 0 Å². The van der Waals surface area contributed by atoms with E-state index >= 15 is 0 Å². The molecule has 2 aromatic heterocycles. The molecule has 1 atom stereocenters. The number of nitrogens with two attached hydrogens (primary N) is 1. The van der Waals surface area contributed by atoms with Crippen LogP contribution in [0.3, 0.4) is 0 Å². The van der Waals surface area contributed by atoms with Gasteiger partial charge in [-0.05, 0) is 58.6 Å². The van der Waals surface area contributed by atoms with Crippen LogP contribution in [0.25, 0.3) is 0 Å². The predicted octanol–water partition coefficient (Wildman–Crippen LogP) is 2.65. The molecule has 0 saturated heterocycles. The first kappa shape index (κ1) is 14.7. The number of nitrogens with zero attached hydrogens (tertiary/aromatic N) is 2. The Balaban J connectivity index is 2.14. The number of hydrogen-bond donors (Lipinski definition) is 2. The molecule has 0 aromatic carbocycles. The van der Waals surface area contributed by atoms with Crippen molar-refractivity contribution in [1.82, 2.24) is 15.2 Å². The minimum Gasteiger partial charge on any atom is -0.271 e. The quantitative estimate of drug-likeness (QED) is 0.626. The second kappa shape index (κ2) is 6.65. The number of aryl methyl sites for hydroxylation is 2. The lowest BCUT2D eigenvalue weighted by molar-refractivity contribution is 0.495. The molecule has 6 heteroatoms. The Hall–Kier alpha value is -0.690. The lowest BCUT2D eigenvalue weighted by atomic mass is 10.0. The van der Waals surface area contributed by atoms with Gasteiger partial charge in [-0.25, -0.2) is 0 Å². The van der Waals surface area contributed by atoms with Crippen LogP contribution in [-0.2, 0) is 19.4 Å². The molecule has 0 radical (unpaired) electrons. The van der Waals surface area contributed by atoms with Crippen LogP contribution in [0.4, 0.5) is 0 Å². The van der Waals surface area contributed by atoms with Crippen LogP contribution in [-0.4, -0.2) is 15.8 Å². The van der Waals surface area contributed by atoms with Crippen molar-refractivity contribution in [2.24, 2.45) is 5.84 Å². The molecule has 1 unspecified atom stereocenters. The molecule has 2 rings (SSSR count). The van der Waals surface area contributed by atoms with Crippen LogP contribution >= 0.6 is 27.3 Å². The van der Waals surface area contributed by atoms with Crippen molar-refractivity contribution >= 4 is 27.3 Å². The fraction of sp³-hybridized carbons (Fsp3) is 0.462. The van der Waals surface area contributed by atoms with Gasteiger partial charge < -0.3 is 0 Å². The molecular weight excluding hydrogens is 324 g/mol. The molecule has 0 aliphatic rings. The molecule has 2 heterocycles. The number of hydrazine groups is 1. The molecule has 19 heavy (non-hydrogen) atoms.